The Morgan fingerprint density at radius 1 is 0.941 bits per heavy atom. The molecule has 102 valence electrons. The van der Waals surface area contributed by atoms with Gasteiger partial charge in [-0.3, -0.25) is 4.79 Å². The summed E-state index contributed by atoms with van der Waals surface area (Å²) in [4.78, 5) is 10.8. The average Bonchev–Trinajstić information content (AvgIpc) is 2.16. The molecule has 0 aliphatic carbocycles. The van der Waals surface area contributed by atoms with Crippen LogP contribution in [0.2, 0.25) is 0 Å². The number of carbonyl (C=O) groups is 1. The van der Waals surface area contributed by atoms with Crippen LogP contribution in [0.25, 0.3) is 0 Å². The molecule has 0 bridgehead atoms. The summed E-state index contributed by atoms with van der Waals surface area (Å²) < 4.78 is 0. The molecule has 4 unspecified atom stereocenters. The standard InChI is InChI=1S/C15H30O2/c1-6-7-11(2)8-12(3)9-13(4)10-14(5)15(16)17/h11-14H,6-10H2,1-5H3,(H,16,17). The van der Waals surface area contributed by atoms with Crippen LogP contribution in [0.4, 0.5) is 0 Å². The van der Waals surface area contributed by atoms with Crippen LogP contribution in [0, 0.1) is 23.7 Å². The van der Waals surface area contributed by atoms with Crippen molar-refractivity contribution < 1.29 is 9.90 Å². The van der Waals surface area contributed by atoms with Crippen LogP contribution >= 0.6 is 0 Å². The molecule has 17 heavy (non-hydrogen) atoms. The van der Waals surface area contributed by atoms with Crippen molar-refractivity contribution in [3.05, 3.63) is 0 Å². The fourth-order valence-electron chi connectivity index (χ4n) is 2.88. The highest BCUT2D eigenvalue weighted by Crippen LogP contribution is 2.25. The molecule has 0 saturated carbocycles. The maximum Gasteiger partial charge on any atom is 0.306 e. The van der Waals surface area contributed by atoms with Crippen molar-refractivity contribution in [3.8, 4) is 0 Å². The highest BCUT2D eigenvalue weighted by atomic mass is 16.4. The van der Waals surface area contributed by atoms with Crippen molar-refractivity contribution in [2.45, 2.75) is 66.7 Å². The largest absolute Gasteiger partial charge is 0.481 e. The Kier molecular flexibility index (Phi) is 8.28. The molecule has 2 heteroatoms. The second-order valence-corrected chi connectivity index (χ2v) is 6.05. The lowest BCUT2D eigenvalue weighted by Gasteiger charge is -2.21. The minimum Gasteiger partial charge on any atom is -0.481 e. The second-order valence-electron chi connectivity index (χ2n) is 6.05. The van der Waals surface area contributed by atoms with Gasteiger partial charge in [0.1, 0.15) is 0 Å². The van der Waals surface area contributed by atoms with E-state index in [1.165, 1.54) is 19.3 Å². The van der Waals surface area contributed by atoms with Crippen molar-refractivity contribution in [2.75, 3.05) is 0 Å². The van der Waals surface area contributed by atoms with Gasteiger partial charge in [0.05, 0.1) is 5.92 Å². The average molecular weight is 242 g/mol. The third-order valence-electron chi connectivity index (χ3n) is 3.57. The van der Waals surface area contributed by atoms with Crippen LogP contribution in [0.1, 0.15) is 66.7 Å². The van der Waals surface area contributed by atoms with Gasteiger partial charge in [-0.05, 0) is 37.0 Å². The number of aliphatic carboxylic acids is 1. The quantitative estimate of drug-likeness (QED) is 0.642. The molecule has 0 aliphatic rings. The van der Waals surface area contributed by atoms with Gasteiger partial charge < -0.3 is 5.11 Å². The summed E-state index contributed by atoms with van der Waals surface area (Å²) in [5.74, 6) is 1.17. The molecule has 2 nitrogen and oxygen atoms in total. The fourth-order valence-corrected chi connectivity index (χ4v) is 2.88. The number of hydrogen-bond donors (Lipinski definition) is 1. The van der Waals surface area contributed by atoms with E-state index in [2.05, 4.69) is 27.7 Å². The topological polar surface area (TPSA) is 37.3 Å². The molecule has 0 aromatic heterocycles. The van der Waals surface area contributed by atoms with Gasteiger partial charge in [-0.2, -0.15) is 0 Å². The van der Waals surface area contributed by atoms with Crippen molar-refractivity contribution in [1.29, 1.82) is 0 Å². The molecule has 0 spiro atoms. The maximum absolute atomic E-state index is 10.8. The summed E-state index contributed by atoms with van der Waals surface area (Å²) in [5.41, 5.74) is 0. The number of rotatable bonds is 9. The van der Waals surface area contributed by atoms with Crippen LogP contribution in [0.3, 0.4) is 0 Å². The zero-order valence-corrected chi connectivity index (χ0v) is 12.2. The summed E-state index contributed by atoms with van der Waals surface area (Å²) in [7, 11) is 0. The van der Waals surface area contributed by atoms with Gasteiger partial charge in [0.25, 0.3) is 0 Å². The van der Waals surface area contributed by atoms with Crippen LogP contribution < -0.4 is 0 Å². The van der Waals surface area contributed by atoms with E-state index in [0.717, 1.165) is 18.8 Å². The first-order valence-corrected chi connectivity index (χ1v) is 7.09. The van der Waals surface area contributed by atoms with Gasteiger partial charge >= 0.3 is 5.97 Å². The van der Waals surface area contributed by atoms with Crippen LogP contribution in [0.5, 0.6) is 0 Å². The predicted molar refractivity (Wildman–Crippen MR) is 73.1 cm³/mol. The van der Waals surface area contributed by atoms with E-state index >= 15 is 0 Å². The highest BCUT2D eigenvalue weighted by Gasteiger charge is 2.17. The second kappa shape index (κ2) is 8.54. The highest BCUT2D eigenvalue weighted by molar-refractivity contribution is 5.69. The van der Waals surface area contributed by atoms with Crippen LogP contribution in [-0.4, -0.2) is 11.1 Å². The lowest BCUT2D eigenvalue weighted by Crippen LogP contribution is -2.15. The van der Waals surface area contributed by atoms with Crippen molar-refractivity contribution in [2.24, 2.45) is 23.7 Å². The monoisotopic (exact) mass is 242 g/mol. The number of carboxylic acid groups (broad SMARTS) is 1. The smallest absolute Gasteiger partial charge is 0.306 e. The van der Waals surface area contributed by atoms with Gasteiger partial charge in [-0.1, -0.05) is 47.5 Å². The van der Waals surface area contributed by atoms with Crippen LogP contribution in [-0.2, 0) is 4.79 Å². The summed E-state index contributed by atoms with van der Waals surface area (Å²) in [6, 6.07) is 0. The van der Waals surface area contributed by atoms with Gasteiger partial charge in [0.15, 0.2) is 0 Å². The molecular formula is C15H30O2. The fraction of sp³-hybridized carbons (Fsp3) is 0.933. The Bertz CT molecular complexity index is 213. The SMILES string of the molecule is CCCC(C)CC(C)CC(C)CC(C)C(=O)O. The number of carboxylic acids is 1. The molecule has 0 rings (SSSR count). The minimum absolute atomic E-state index is 0.203. The van der Waals surface area contributed by atoms with E-state index in [9.17, 15) is 4.79 Å². The number of hydrogen-bond acceptors (Lipinski definition) is 1. The van der Waals surface area contributed by atoms with E-state index in [0.29, 0.717) is 11.8 Å². The molecule has 4 atom stereocenters. The first-order chi connectivity index (χ1) is 7.86. The summed E-state index contributed by atoms with van der Waals surface area (Å²) in [6.45, 7) is 10.8. The van der Waals surface area contributed by atoms with Crippen molar-refractivity contribution >= 4 is 5.97 Å². The third-order valence-corrected chi connectivity index (χ3v) is 3.57. The van der Waals surface area contributed by atoms with Crippen molar-refractivity contribution in [1.82, 2.24) is 0 Å². The lowest BCUT2D eigenvalue weighted by atomic mass is 9.85. The van der Waals surface area contributed by atoms with Gasteiger partial charge in [-0.15, -0.1) is 0 Å². The van der Waals surface area contributed by atoms with E-state index < -0.39 is 5.97 Å². The van der Waals surface area contributed by atoms with Crippen molar-refractivity contribution in [3.63, 3.8) is 0 Å². The Labute approximate surface area is 107 Å². The molecule has 0 aromatic carbocycles. The Hall–Kier alpha value is -0.530. The minimum atomic E-state index is -0.663. The first-order valence-electron chi connectivity index (χ1n) is 7.09. The molecule has 0 radical (unpaired) electrons. The Morgan fingerprint density at radius 3 is 1.88 bits per heavy atom. The summed E-state index contributed by atoms with van der Waals surface area (Å²) in [6.07, 6.45) is 5.82. The molecular weight excluding hydrogens is 212 g/mol. The predicted octanol–water partition coefficient (Wildman–Crippen LogP) is 4.59. The Balaban J connectivity index is 3.86. The Morgan fingerprint density at radius 2 is 1.41 bits per heavy atom. The lowest BCUT2D eigenvalue weighted by molar-refractivity contribution is -0.141. The third kappa shape index (κ3) is 8.23. The summed E-state index contributed by atoms with van der Waals surface area (Å²) in [5, 5.41) is 8.88. The van der Waals surface area contributed by atoms with E-state index in [4.69, 9.17) is 5.11 Å². The van der Waals surface area contributed by atoms with Crippen LogP contribution in [0.15, 0.2) is 0 Å². The molecule has 1 N–H and O–H groups in total. The summed E-state index contributed by atoms with van der Waals surface area (Å²) >= 11 is 0. The van der Waals surface area contributed by atoms with E-state index in [1.54, 1.807) is 0 Å². The zero-order chi connectivity index (χ0) is 13.4. The van der Waals surface area contributed by atoms with Gasteiger partial charge in [0, 0.05) is 0 Å². The molecule has 0 amide bonds. The molecule has 0 saturated heterocycles. The first kappa shape index (κ1) is 16.5. The van der Waals surface area contributed by atoms with Gasteiger partial charge in [0.2, 0.25) is 0 Å². The molecule has 0 heterocycles. The molecule has 0 fully saturated rings. The zero-order valence-electron chi connectivity index (χ0n) is 12.2. The van der Waals surface area contributed by atoms with E-state index in [1.807, 2.05) is 6.92 Å². The molecule has 0 aromatic rings. The van der Waals surface area contributed by atoms with E-state index in [-0.39, 0.29) is 5.92 Å². The maximum atomic E-state index is 10.8. The normalized spacial score (nSPS) is 18.4. The molecule has 0 aliphatic heterocycles. The van der Waals surface area contributed by atoms with Gasteiger partial charge in [-0.25, -0.2) is 0 Å².